The third-order valence-electron chi connectivity index (χ3n) is 1.48. The summed E-state index contributed by atoms with van der Waals surface area (Å²) in [6.45, 7) is 3.92. The molecule has 50 valence electrons. The second kappa shape index (κ2) is 2.21. The summed E-state index contributed by atoms with van der Waals surface area (Å²) in [5.74, 6) is -0.195. The molecule has 1 rings (SSSR count). The molecular weight excluding hydrogens is 116 g/mol. The van der Waals surface area contributed by atoms with Gasteiger partial charge in [0, 0.05) is 6.08 Å². The van der Waals surface area contributed by atoms with E-state index in [1.807, 2.05) is 13.8 Å². The van der Waals surface area contributed by atoms with Crippen molar-refractivity contribution >= 4 is 5.97 Å². The summed E-state index contributed by atoms with van der Waals surface area (Å²) in [5, 5.41) is 0. The molecule has 0 bridgehead atoms. The first kappa shape index (κ1) is 6.33. The number of esters is 1. The fourth-order valence-corrected chi connectivity index (χ4v) is 0.951. The number of rotatable bonds is 1. The van der Waals surface area contributed by atoms with Crippen molar-refractivity contribution in [2.24, 2.45) is 0 Å². The number of hydrogen-bond donors (Lipinski definition) is 0. The Morgan fingerprint density at radius 3 is 2.67 bits per heavy atom. The van der Waals surface area contributed by atoms with Gasteiger partial charge in [-0.15, -0.1) is 0 Å². The van der Waals surface area contributed by atoms with Crippen LogP contribution >= 0.6 is 0 Å². The summed E-state index contributed by atoms with van der Waals surface area (Å²) >= 11 is 0. The highest BCUT2D eigenvalue weighted by Gasteiger charge is 2.19. The molecule has 0 fully saturated rings. The summed E-state index contributed by atoms with van der Waals surface area (Å²) in [4.78, 5) is 10.5. The van der Waals surface area contributed by atoms with Gasteiger partial charge in [-0.1, -0.05) is 6.92 Å². The number of carbonyl (C=O) groups excluding carboxylic acids is 1. The maximum absolute atomic E-state index is 10.5. The highest BCUT2D eigenvalue weighted by Crippen LogP contribution is 2.16. The molecule has 9 heavy (non-hydrogen) atoms. The van der Waals surface area contributed by atoms with Gasteiger partial charge >= 0.3 is 5.97 Å². The lowest BCUT2D eigenvalue weighted by Crippen LogP contribution is -2.07. The SMILES string of the molecule is CCC1OC(=O)C=C1C. The monoisotopic (exact) mass is 126 g/mol. The van der Waals surface area contributed by atoms with E-state index >= 15 is 0 Å². The van der Waals surface area contributed by atoms with E-state index in [1.54, 1.807) is 6.08 Å². The molecule has 0 aromatic rings. The van der Waals surface area contributed by atoms with E-state index in [0.717, 1.165) is 12.0 Å². The highest BCUT2D eigenvalue weighted by molar-refractivity contribution is 5.85. The molecule has 2 heteroatoms. The zero-order chi connectivity index (χ0) is 6.85. The molecule has 0 aromatic carbocycles. The Balaban J connectivity index is 2.64. The van der Waals surface area contributed by atoms with Crippen LogP contribution in [0.5, 0.6) is 0 Å². The Morgan fingerprint density at radius 2 is 2.44 bits per heavy atom. The molecule has 0 aromatic heterocycles. The lowest BCUT2D eigenvalue weighted by atomic mass is 10.1. The Morgan fingerprint density at radius 1 is 1.78 bits per heavy atom. The summed E-state index contributed by atoms with van der Waals surface area (Å²) in [5.41, 5.74) is 1.04. The van der Waals surface area contributed by atoms with E-state index in [-0.39, 0.29) is 12.1 Å². The van der Waals surface area contributed by atoms with Crippen molar-refractivity contribution in [3.63, 3.8) is 0 Å². The molecule has 2 nitrogen and oxygen atoms in total. The van der Waals surface area contributed by atoms with Crippen molar-refractivity contribution in [1.29, 1.82) is 0 Å². The Labute approximate surface area is 54.5 Å². The summed E-state index contributed by atoms with van der Waals surface area (Å²) in [7, 11) is 0. The highest BCUT2D eigenvalue weighted by atomic mass is 16.5. The van der Waals surface area contributed by atoms with Gasteiger partial charge in [-0.2, -0.15) is 0 Å². The molecule has 0 amide bonds. The average Bonchev–Trinajstić information content (AvgIpc) is 2.10. The van der Waals surface area contributed by atoms with Gasteiger partial charge in [0.1, 0.15) is 6.10 Å². The molecule has 0 spiro atoms. The van der Waals surface area contributed by atoms with E-state index in [4.69, 9.17) is 4.74 Å². The van der Waals surface area contributed by atoms with Crippen molar-refractivity contribution in [1.82, 2.24) is 0 Å². The fourth-order valence-electron chi connectivity index (χ4n) is 0.951. The molecule has 1 atom stereocenters. The average molecular weight is 126 g/mol. The number of ether oxygens (including phenoxy) is 1. The van der Waals surface area contributed by atoms with E-state index in [0.29, 0.717) is 0 Å². The molecule has 1 aliphatic heterocycles. The van der Waals surface area contributed by atoms with Gasteiger partial charge in [0.05, 0.1) is 0 Å². The van der Waals surface area contributed by atoms with Crippen LogP contribution in [0.4, 0.5) is 0 Å². The van der Waals surface area contributed by atoms with E-state index < -0.39 is 0 Å². The quantitative estimate of drug-likeness (QED) is 0.494. The van der Waals surface area contributed by atoms with E-state index in [1.165, 1.54) is 0 Å². The van der Waals surface area contributed by atoms with Crippen LogP contribution in [0.1, 0.15) is 20.3 Å². The van der Waals surface area contributed by atoms with Crippen molar-refractivity contribution in [3.8, 4) is 0 Å². The van der Waals surface area contributed by atoms with Crippen molar-refractivity contribution in [2.45, 2.75) is 26.4 Å². The van der Waals surface area contributed by atoms with Crippen LogP contribution in [0.3, 0.4) is 0 Å². The normalized spacial score (nSPS) is 25.8. The number of cyclic esters (lactones) is 1. The maximum Gasteiger partial charge on any atom is 0.331 e. The minimum absolute atomic E-state index is 0.0532. The predicted molar refractivity (Wildman–Crippen MR) is 33.9 cm³/mol. The minimum atomic E-state index is -0.195. The fraction of sp³-hybridized carbons (Fsp3) is 0.571. The smallest absolute Gasteiger partial charge is 0.331 e. The molecule has 0 saturated heterocycles. The largest absolute Gasteiger partial charge is 0.455 e. The summed E-state index contributed by atoms with van der Waals surface area (Å²) in [6, 6.07) is 0. The molecule has 0 radical (unpaired) electrons. The zero-order valence-corrected chi connectivity index (χ0v) is 5.68. The Hall–Kier alpha value is -0.790. The van der Waals surface area contributed by atoms with Gasteiger partial charge in [0.2, 0.25) is 0 Å². The second-order valence-electron chi connectivity index (χ2n) is 2.22. The molecule has 0 aliphatic carbocycles. The topological polar surface area (TPSA) is 26.3 Å². The molecule has 1 unspecified atom stereocenters. The summed E-state index contributed by atoms with van der Waals surface area (Å²) < 4.78 is 4.89. The van der Waals surface area contributed by atoms with Crippen LogP contribution in [0, 0.1) is 0 Å². The van der Waals surface area contributed by atoms with Gasteiger partial charge in [-0.3, -0.25) is 0 Å². The number of hydrogen-bond acceptors (Lipinski definition) is 2. The van der Waals surface area contributed by atoms with Gasteiger partial charge in [0.15, 0.2) is 0 Å². The predicted octanol–water partition coefficient (Wildman–Crippen LogP) is 1.27. The lowest BCUT2D eigenvalue weighted by Gasteiger charge is -2.06. The molecule has 0 saturated carbocycles. The minimum Gasteiger partial charge on any atom is -0.455 e. The first-order valence-electron chi connectivity index (χ1n) is 3.13. The van der Waals surface area contributed by atoms with Gasteiger partial charge in [0.25, 0.3) is 0 Å². The first-order valence-corrected chi connectivity index (χ1v) is 3.13. The second-order valence-corrected chi connectivity index (χ2v) is 2.22. The van der Waals surface area contributed by atoms with Crippen LogP contribution in [0.15, 0.2) is 11.6 Å². The van der Waals surface area contributed by atoms with Crippen LogP contribution < -0.4 is 0 Å². The van der Waals surface area contributed by atoms with Crippen molar-refractivity contribution < 1.29 is 9.53 Å². The molecule has 0 N–H and O–H groups in total. The van der Waals surface area contributed by atoms with Crippen LogP contribution in [-0.4, -0.2) is 12.1 Å². The summed E-state index contributed by atoms with van der Waals surface area (Å²) in [6.07, 6.45) is 2.49. The molecular formula is C7H10O2. The zero-order valence-electron chi connectivity index (χ0n) is 5.68. The van der Waals surface area contributed by atoms with Crippen LogP contribution in [0.2, 0.25) is 0 Å². The van der Waals surface area contributed by atoms with Crippen LogP contribution in [-0.2, 0) is 9.53 Å². The maximum atomic E-state index is 10.5. The van der Waals surface area contributed by atoms with Gasteiger partial charge in [-0.25, -0.2) is 4.79 Å². The lowest BCUT2D eigenvalue weighted by molar-refractivity contribution is -0.138. The van der Waals surface area contributed by atoms with Crippen LogP contribution in [0.25, 0.3) is 0 Å². The third kappa shape index (κ3) is 1.12. The van der Waals surface area contributed by atoms with Crippen molar-refractivity contribution in [2.75, 3.05) is 0 Å². The molecule has 1 aliphatic rings. The Bertz CT molecular complexity index is 158. The van der Waals surface area contributed by atoms with Crippen molar-refractivity contribution in [3.05, 3.63) is 11.6 Å². The van der Waals surface area contributed by atoms with E-state index in [2.05, 4.69) is 0 Å². The van der Waals surface area contributed by atoms with Gasteiger partial charge < -0.3 is 4.74 Å². The molecule has 1 heterocycles. The number of carbonyl (C=O) groups is 1. The van der Waals surface area contributed by atoms with E-state index in [9.17, 15) is 4.79 Å². The van der Waals surface area contributed by atoms with Gasteiger partial charge in [-0.05, 0) is 18.9 Å². The standard InChI is InChI=1S/C7H10O2/c1-3-6-5(2)4-7(8)9-6/h4,6H,3H2,1-2H3. The first-order chi connectivity index (χ1) is 4.24. The third-order valence-corrected chi connectivity index (χ3v) is 1.48. The Kier molecular flexibility index (Phi) is 1.56.